The molecule has 1 atom stereocenters. The number of ether oxygens (including phenoxy) is 1. The summed E-state index contributed by atoms with van der Waals surface area (Å²) in [6, 6.07) is 12.6. The highest BCUT2D eigenvalue weighted by Gasteiger charge is 2.31. The number of nitrogens with one attached hydrogen (secondary N) is 1. The third-order valence-electron chi connectivity index (χ3n) is 3.88. The van der Waals surface area contributed by atoms with E-state index in [2.05, 4.69) is 5.32 Å². The number of nitrogens with zero attached hydrogens (tertiary/aromatic N) is 1. The molecule has 0 radical (unpaired) electrons. The van der Waals surface area contributed by atoms with Gasteiger partial charge in [-0.1, -0.05) is 18.2 Å². The molecule has 0 aromatic heterocycles. The number of carbonyl (C=O) groups excluding carboxylic acids is 1. The Morgan fingerprint density at radius 2 is 2.05 bits per heavy atom. The molecule has 0 unspecified atom stereocenters. The quantitative estimate of drug-likeness (QED) is 0.914. The Kier molecular flexibility index (Phi) is 3.63. The highest BCUT2D eigenvalue weighted by molar-refractivity contribution is 6.01. The SMILES string of the molecule is CCN1C(=O)c2ccccc2N[C@@H]1c1ccc(O)c(OC)c1. The van der Waals surface area contributed by atoms with Crippen LogP contribution in [0.25, 0.3) is 0 Å². The standard InChI is InChI=1S/C17H18N2O3/c1-3-19-16(11-8-9-14(20)15(10-11)22-2)18-13-7-5-4-6-12(13)17(19)21/h4-10,16,18,20H,3H2,1-2H3/t16-/m0/s1. The predicted molar refractivity (Wildman–Crippen MR) is 84.2 cm³/mol. The Morgan fingerprint density at radius 3 is 2.77 bits per heavy atom. The Balaban J connectivity index is 2.05. The first-order valence-electron chi connectivity index (χ1n) is 7.19. The van der Waals surface area contributed by atoms with Crippen molar-refractivity contribution in [3.05, 3.63) is 53.6 Å². The number of carbonyl (C=O) groups is 1. The van der Waals surface area contributed by atoms with Crippen molar-refractivity contribution >= 4 is 11.6 Å². The number of phenols is 1. The maximum atomic E-state index is 12.7. The van der Waals surface area contributed by atoms with Crippen LogP contribution in [0.4, 0.5) is 5.69 Å². The van der Waals surface area contributed by atoms with E-state index in [1.807, 2.05) is 31.2 Å². The maximum Gasteiger partial charge on any atom is 0.257 e. The minimum absolute atomic E-state index is 0.00566. The normalized spacial score (nSPS) is 16.9. The Labute approximate surface area is 129 Å². The largest absolute Gasteiger partial charge is 0.504 e. The molecule has 0 bridgehead atoms. The van der Waals surface area contributed by atoms with Crippen molar-refractivity contribution in [3.63, 3.8) is 0 Å². The van der Waals surface area contributed by atoms with E-state index in [1.165, 1.54) is 7.11 Å². The van der Waals surface area contributed by atoms with Crippen LogP contribution in [0.2, 0.25) is 0 Å². The van der Waals surface area contributed by atoms with Gasteiger partial charge >= 0.3 is 0 Å². The summed E-state index contributed by atoms with van der Waals surface area (Å²) in [7, 11) is 1.51. The van der Waals surface area contributed by atoms with Gasteiger partial charge in [0, 0.05) is 12.2 Å². The summed E-state index contributed by atoms with van der Waals surface area (Å²) in [5, 5.41) is 13.1. The average molecular weight is 298 g/mol. The number of hydrogen-bond acceptors (Lipinski definition) is 4. The number of benzene rings is 2. The molecule has 2 aromatic carbocycles. The van der Waals surface area contributed by atoms with Crippen LogP contribution in [0.5, 0.6) is 11.5 Å². The number of anilines is 1. The van der Waals surface area contributed by atoms with Crippen molar-refractivity contribution in [2.24, 2.45) is 0 Å². The zero-order chi connectivity index (χ0) is 15.7. The molecule has 3 rings (SSSR count). The first-order chi connectivity index (χ1) is 10.7. The number of aromatic hydroxyl groups is 1. The van der Waals surface area contributed by atoms with Crippen molar-refractivity contribution in [1.29, 1.82) is 0 Å². The van der Waals surface area contributed by atoms with Gasteiger partial charge in [-0.25, -0.2) is 0 Å². The van der Waals surface area contributed by atoms with Crippen molar-refractivity contribution < 1.29 is 14.6 Å². The lowest BCUT2D eigenvalue weighted by Gasteiger charge is -2.37. The highest BCUT2D eigenvalue weighted by atomic mass is 16.5. The summed E-state index contributed by atoms with van der Waals surface area (Å²) >= 11 is 0. The number of para-hydroxylation sites is 1. The molecule has 5 heteroatoms. The third kappa shape index (κ3) is 2.24. The summed E-state index contributed by atoms with van der Waals surface area (Å²) in [5.74, 6) is 0.465. The molecule has 5 nitrogen and oxygen atoms in total. The molecular weight excluding hydrogens is 280 g/mol. The fraction of sp³-hybridized carbons (Fsp3) is 0.235. The van der Waals surface area contributed by atoms with E-state index in [9.17, 15) is 9.90 Å². The Morgan fingerprint density at radius 1 is 1.27 bits per heavy atom. The lowest BCUT2D eigenvalue weighted by Crippen LogP contribution is -2.42. The van der Waals surface area contributed by atoms with Crippen molar-refractivity contribution in [2.75, 3.05) is 19.0 Å². The van der Waals surface area contributed by atoms with Gasteiger partial charge in [0.1, 0.15) is 6.17 Å². The van der Waals surface area contributed by atoms with Gasteiger partial charge in [0.25, 0.3) is 5.91 Å². The van der Waals surface area contributed by atoms with E-state index in [0.29, 0.717) is 17.9 Å². The molecule has 1 aliphatic rings. The molecule has 0 saturated heterocycles. The number of fused-ring (bicyclic) bond motifs is 1. The summed E-state index contributed by atoms with van der Waals surface area (Å²) in [5.41, 5.74) is 2.35. The zero-order valence-electron chi connectivity index (χ0n) is 12.5. The molecule has 0 spiro atoms. The number of amides is 1. The minimum atomic E-state index is -0.290. The van der Waals surface area contributed by atoms with Crippen molar-refractivity contribution in [3.8, 4) is 11.5 Å². The van der Waals surface area contributed by atoms with Crippen molar-refractivity contribution in [1.82, 2.24) is 4.90 Å². The number of methoxy groups -OCH3 is 1. The van der Waals surface area contributed by atoms with E-state index < -0.39 is 0 Å². The van der Waals surface area contributed by atoms with Crippen LogP contribution in [-0.2, 0) is 0 Å². The van der Waals surface area contributed by atoms with Crippen LogP contribution in [0.3, 0.4) is 0 Å². The lowest BCUT2D eigenvalue weighted by molar-refractivity contribution is 0.0694. The summed E-state index contributed by atoms with van der Waals surface area (Å²) < 4.78 is 5.16. The topological polar surface area (TPSA) is 61.8 Å². The van der Waals surface area contributed by atoms with E-state index in [4.69, 9.17) is 4.74 Å². The number of rotatable bonds is 3. The smallest absolute Gasteiger partial charge is 0.257 e. The van der Waals surface area contributed by atoms with Gasteiger partial charge in [-0.05, 0) is 36.8 Å². The van der Waals surface area contributed by atoms with Gasteiger partial charge in [-0.2, -0.15) is 0 Å². The first-order valence-corrected chi connectivity index (χ1v) is 7.19. The molecule has 1 aliphatic heterocycles. The molecule has 2 aromatic rings. The molecule has 0 fully saturated rings. The predicted octanol–water partition coefficient (Wildman–Crippen LogP) is 2.99. The van der Waals surface area contributed by atoms with Gasteiger partial charge in [-0.3, -0.25) is 4.79 Å². The fourth-order valence-electron chi connectivity index (χ4n) is 2.75. The van der Waals surface area contributed by atoms with Crippen LogP contribution in [0.15, 0.2) is 42.5 Å². The summed E-state index contributed by atoms with van der Waals surface area (Å²) in [6.45, 7) is 2.52. The van der Waals surface area contributed by atoms with Crippen molar-refractivity contribution in [2.45, 2.75) is 13.1 Å². The highest BCUT2D eigenvalue weighted by Crippen LogP contribution is 2.36. The monoisotopic (exact) mass is 298 g/mol. The van der Waals surface area contributed by atoms with E-state index in [0.717, 1.165) is 11.3 Å². The first kappa shape index (κ1) is 14.3. The molecule has 2 N–H and O–H groups in total. The molecule has 1 amide bonds. The minimum Gasteiger partial charge on any atom is -0.504 e. The molecule has 1 heterocycles. The van der Waals surface area contributed by atoms with Gasteiger partial charge in [-0.15, -0.1) is 0 Å². The molecular formula is C17H18N2O3. The van der Waals surface area contributed by atoms with Crippen LogP contribution in [0.1, 0.15) is 29.0 Å². The molecule has 114 valence electrons. The molecule has 22 heavy (non-hydrogen) atoms. The van der Waals surface area contributed by atoms with Gasteiger partial charge < -0.3 is 20.1 Å². The fourth-order valence-corrected chi connectivity index (χ4v) is 2.75. The van der Waals surface area contributed by atoms with Crippen LogP contribution < -0.4 is 10.1 Å². The van der Waals surface area contributed by atoms with E-state index in [-0.39, 0.29) is 17.8 Å². The van der Waals surface area contributed by atoms with Crippen LogP contribution in [0, 0.1) is 0 Å². The van der Waals surface area contributed by atoms with Gasteiger partial charge in [0.2, 0.25) is 0 Å². The van der Waals surface area contributed by atoms with E-state index >= 15 is 0 Å². The second-order valence-corrected chi connectivity index (χ2v) is 5.11. The third-order valence-corrected chi connectivity index (χ3v) is 3.88. The molecule has 0 saturated carbocycles. The van der Waals surface area contributed by atoms with Gasteiger partial charge in [0.05, 0.1) is 12.7 Å². The van der Waals surface area contributed by atoms with E-state index in [1.54, 1.807) is 23.1 Å². The lowest BCUT2D eigenvalue weighted by atomic mass is 10.0. The maximum absolute atomic E-state index is 12.7. The summed E-state index contributed by atoms with van der Waals surface area (Å²) in [6.07, 6.45) is -0.290. The molecule has 0 aliphatic carbocycles. The number of phenolic OH excluding ortho intramolecular Hbond substituents is 1. The second kappa shape index (κ2) is 5.60. The summed E-state index contributed by atoms with van der Waals surface area (Å²) in [4.78, 5) is 14.4. The van der Waals surface area contributed by atoms with Crippen LogP contribution in [-0.4, -0.2) is 29.6 Å². The Hall–Kier alpha value is -2.69. The zero-order valence-corrected chi connectivity index (χ0v) is 12.5. The average Bonchev–Trinajstić information content (AvgIpc) is 2.55. The van der Waals surface area contributed by atoms with Crippen LogP contribution >= 0.6 is 0 Å². The van der Waals surface area contributed by atoms with Gasteiger partial charge in [0.15, 0.2) is 11.5 Å². The Bertz CT molecular complexity index is 715. The number of hydrogen-bond donors (Lipinski definition) is 2. The second-order valence-electron chi connectivity index (χ2n) is 5.11.